The zero-order chi connectivity index (χ0) is 20.4. The Kier molecular flexibility index (Phi) is 5.44. The summed E-state index contributed by atoms with van der Waals surface area (Å²) in [6, 6.07) is 7.37. The lowest BCUT2D eigenvalue weighted by atomic mass is 9.97. The van der Waals surface area contributed by atoms with Crippen molar-refractivity contribution in [3.05, 3.63) is 46.1 Å². The molecule has 8 heteroatoms. The van der Waals surface area contributed by atoms with Gasteiger partial charge in [-0.15, -0.1) is 11.3 Å². The van der Waals surface area contributed by atoms with Gasteiger partial charge in [0.2, 0.25) is 0 Å². The number of rotatable bonds is 6. The first-order valence-corrected chi connectivity index (χ1v) is 10.4. The Bertz CT molecular complexity index is 1090. The Balaban J connectivity index is 1.57. The molecule has 29 heavy (non-hydrogen) atoms. The van der Waals surface area contributed by atoms with Crippen molar-refractivity contribution in [2.75, 3.05) is 12.0 Å². The molecular weight excluding hydrogens is 386 g/mol. The molecule has 0 spiro atoms. The van der Waals surface area contributed by atoms with E-state index in [1.165, 1.54) is 23.3 Å². The summed E-state index contributed by atoms with van der Waals surface area (Å²) in [5, 5.41) is 5.67. The van der Waals surface area contributed by atoms with E-state index in [2.05, 4.69) is 20.5 Å². The van der Waals surface area contributed by atoms with Crippen LogP contribution in [0, 0.1) is 6.92 Å². The summed E-state index contributed by atoms with van der Waals surface area (Å²) < 4.78 is 5.29. The predicted molar refractivity (Wildman–Crippen MR) is 116 cm³/mol. The first kappa shape index (κ1) is 19.3. The van der Waals surface area contributed by atoms with E-state index in [1.807, 2.05) is 26.0 Å². The third kappa shape index (κ3) is 4.22. The van der Waals surface area contributed by atoms with Crippen molar-refractivity contribution < 1.29 is 9.53 Å². The molecule has 150 valence electrons. The van der Waals surface area contributed by atoms with Crippen LogP contribution >= 0.6 is 11.3 Å². The van der Waals surface area contributed by atoms with Gasteiger partial charge in [0.25, 0.3) is 5.91 Å². The van der Waals surface area contributed by atoms with Crippen LogP contribution in [-0.4, -0.2) is 28.2 Å². The normalized spacial score (nSPS) is 13.9. The standard InChI is InChI=1S/C21H23N5O2S/c1-12(14-7-9-15(10-8-14)28-11-18(22)27)25-26-20-19-16-5-3-4-6-17(16)29-21(19)24-13(2)23-20/h7-10H,3-6,11H2,1-2H3,(H2,22,27)(H,23,24,26)/b25-12-. The van der Waals surface area contributed by atoms with Crippen LogP contribution in [0.1, 0.15) is 41.6 Å². The van der Waals surface area contributed by atoms with Crippen LogP contribution in [0.3, 0.4) is 0 Å². The molecule has 0 unspecified atom stereocenters. The Morgan fingerprint density at radius 2 is 2.00 bits per heavy atom. The number of fused-ring (bicyclic) bond motifs is 3. The van der Waals surface area contributed by atoms with Crippen LogP contribution in [-0.2, 0) is 17.6 Å². The van der Waals surface area contributed by atoms with Crippen molar-refractivity contribution in [2.24, 2.45) is 10.8 Å². The summed E-state index contributed by atoms with van der Waals surface area (Å²) in [6.07, 6.45) is 4.65. The summed E-state index contributed by atoms with van der Waals surface area (Å²) in [4.78, 5) is 22.5. The van der Waals surface area contributed by atoms with E-state index in [-0.39, 0.29) is 6.61 Å². The summed E-state index contributed by atoms with van der Waals surface area (Å²) >= 11 is 1.78. The number of carbonyl (C=O) groups is 1. The van der Waals surface area contributed by atoms with Gasteiger partial charge >= 0.3 is 0 Å². The summed E-state index contributed by atoms with van der Waals surface area (Å²) in [6.45, 7) is 3.70. The molecule has 1 aliphatic carbocycles. The number of hydrazone groups is 1. The minimum absolute atomic E-state index is 0.137. The van der Waals surface area contributed by atoms with Crippen molar-refractivity contribution in [1.82, 2.24) is 9.97 Å². The van der Waals surface area contributed by atoms with E-state index in [4.69, 9.17) is 10.5 Å². The quantitative estimate of drug-likeness (QED) is 0.478. The van der Waals surface area contributed by atoms with E-state index in [9.17, 15) is 4.79 Å². The number of primary amides is 1. The molecule has 0 saturated heterocycles. The lowest BCUT2D eigenvalue weighted by Gasteiger charge is -2.12. The fourth-order valence-corrected chi connectivity index (χ4v) is 4.80. The molecular formula is C21H23N5O2S. The molecule has 1 amide bonds. The molecule has 0 bridgehead atoms. The van der Waals surface area contributed by atoms with Crippen LogP contribution < -0.4 is 15.9 Å². The first-order valence-electron chi connectivity index (χ1n) is 9.62. The average Bonchev–Trinajstić information content (AvgIpc) is 3.08. The van der Waals surface area contributed by atoms with Gasteiger partial charge in [0, 0.05) is 4.88 Å². The number of ether oxygens (including phenoxy) is 1. The van der Waals surface area contributed by atoms with Gasteiger partial charge in [-0.05, 0) is 74.9 Å². The molecule has 3 N–H and O–H groups in total. The van der Waals surface area contributed by atoms with Crippen molar-refractivity contribution >= 4 is 39.0 Å². The highest BCUT2D eigenvalue weighted by molar-refractivity contribution is 7.19. The number of hydrogen-bond donors (Lipinski definition) is 2. The molecule has 7 nitrogen and oxygen atoms in total. The largest absolute Gasteiger partial charge is 0.484 e. The number of aryl methyl sites for hydroxylation is 3. The molecule has 0 atom stereocenters. The maximum Gasteiger partial charge on any atom is 0.255 e. The van der Waals surface area contributed by atoms with Crippen LogP contribution in [0.15, 0.2) is 29.4 Å². The number of amides is 1. The Labute approximate surface area is 173 Å². The molecule has 1 aromatic carbocycles. The summed E-state index contributed by atoms with van der Waals surface area (Å²) in [7, 11) is 0. The lowest BCUT2D eigenvalue weighted by molar-refractivity contribution is -0.119. The summed E-state index contributed by atoms with van der Waals surface area (Å²) in [5.74, 6) is 1.60. The van der Waals surface area contributed by atoms with Gasteiger partial charge in [-0.2, -0.15) is 5.10 Å². The fraction of sp³-hybridized carbons (Fsp3) is 0.333. The molecule has 0 fully saturated rings. The maximum absolute atomic E-state index is 10.8. The lowest BCUT2D eigenvalue weighted by Crippen LogP contribution is -2.20. The minimum Gasteiger partial charge on any atom is -0.484 e. The van der Waals surface area contributed by atoms with E-state index in [1.54, 1.807) is 23.5 Å². The van der Waals surface area contributed by atoms with Gasteiger partial charge in [0.15, 0.2) is 12.4 Å². The smallest absolute Gasteiger partial charge is 0.255 e. The Morgan fingerprint density at radius 1 is 1.24 bits per heavy atom. The molecule has 0 saturated carbocycles. The number of benzene rings is 1. The topological polar surface area (TPSA) is 102 Å². The van der Waals surface area contributed by atoms with Crippen molar-refractivity contribution in [3.8, 4) is 5.75 Å². The molecule has 2 aromatic heterocycles. The van der Waals surface area contributed by atoms with E-state index >= 15 is 0 Å². The molecule has 0 radical (unpaired) electrons. The highest BCUT2D eigenvalue weighted by Gasteiger charge is 2.20. The highest BCUT2D eigenvalue weighted by Crippen LogP contribution is 2.38. The minimum atomic E-state index is -0.502. The average molecular weight is 410 g/mol. The van der Waals surface area contributed by atoms with Gasteiger partial charge in [-0.25, -0.2) is 9.97 Å². The molecule has 3 aromatic rings. The van der Waals surface area contributed by atoms with E-state index < -0.39 is 5.91 Å². The third-order valence-electron chi connectivity index (χ3n) is 4.91. The fourth-order valence-electron chi connectivity index (χ4n) is 3.49. The van der Waals surface area contributed by atoms with Crippen LogP contribution in [0.4, 0.5) is 5.82 Å². The zero-order valence-corrected chi connectivity index (χ0v) is 17.3. The monoisotopic (exact) mass is 409 g/mol. The van der Waals surface area contributed by atoms with Crippen molar-refractivity contribution in [2.45, 2.75) is 39.5 Å². The highest BCUT2D eigenvalue weighted by atomic mass is 32.1. The number of nitrogens with one attached hydrogen (secondary N) is 1. The van der Waals surface area contributed by atoms with E-state index in [0.29, 0.717) is 5.75 Å². The number of hydrogen-bond acceptors (Lipinski definition) is 7. The zero-order valence-electron chi connectivity index (χ0n) is 16.5. The number of nitrogens with zero attached hydrogens (tertiary/aromatic N) is 3. The van der Waals surface area contributed by atoms with Crippen molar-refractivity contribution in [1.29, 1.82) is 0 Å². The molecule has 0 aliphatic heterocycles. The Hall–Kier alpha value is -3.00. The van der Waals surface area contributed by atoms with Gasteiger partial charge in [-0.1, -0.05) is 0 Å². The second-order valence-electron chi connectivity index (χ2n) is 7.10. The number of aromatic nitrogens is 2. The number of nitrogens with two attached hydrogens (primary N) is 1. The van der Waals surface area contributed by atoms with Gasteiger partial charge in [0.1, 0.15) is 16.4 Å². The molecule has 2 heterocycles. The second-order valence-corrected chi connectivity index (χ2v) is 8.18. The molecule has 1 aliphatic rings. The predicted octanol–water partition coefficient (Wildman–Crippen LogP) is 3.58. The van der Waals surface area contributed by atoms with Gasteiger partial charge < -0.3 is 10.5 Å². The Morgan fingerprint density at radius 3 is 2.76 bits per heavy atom. The third-order valence-corrected chi connectivity index (χ3v) is 6.09. The molecule has 4 rings (SSSR count). The van der Waals surface area contributed by atoms with Gasteiger partial charge in [0.05, 0.1) is 11.1 Å². The van der Waals surface area contributed by atoms with E-state index in [0.717, 1.165) is 46.0 Å². The SMILES string of the molecule is C/C(=N/Nc1nc(C)nc2sc3c(c12)CCCC3)c1ccc(OCC(N)=O)cc1. The number of anilines is 1. The summed E-state index contributed by atoms with van der Waals surface area (Å²) in [5.41, 5.74) is 11.4. The van der Waals surface area contributed by atoms with Crippen LogP contribution in [0.25, 0.3) is 10.2 Å². The number of thiophene rings is 1. The second kappa shape index (κ2) is 8.16. The maximum atomic E-state index is 10.8. The van der Waals surface area contributed by atoms with Crippen LogP contribution in [0.2, 0.25) is 0 Å². The van der Waals surface area contributed by atoms with Crippen molar-refractivity contribution in [3.63, 3.8) is 0 Å². The number of carbonyl (C=O) groups excluding carboxylic acids is 1. The van der Waals surface area contributed by atoms with Crippen LogP contribution in [0.5, 0.6) is 5.75 Å². The first-order chi connectivity index (χ1) is 14.0. The van der Waals surface area contributed by atoms with Gasteiger partial charge in [-0.3, -0.25) is 10.2 Å².